The Kier molecular flexibility index (Phi) is 4.58. The molecular weight excluding hydrogens is 310 g/mol. The van der Waals surface area contributed by atoms with Gasteiger partial charge in [-0.25, -0.2) is 0 Å². The van der Waals surface area contributed by atoms with Gasteiger partial charge in [-0.15, -0.1) is 0 Å². The van der Waals surface area contributed by atoms with Gasteiger partial charge >= 0.3 is 0 Å². The predicted octanol–water partition coefficient (Wildman–Crippen LogP) is 4.34. The van der Waals surface area contributed by atoms with Crippen LogP contribution in [0.2, 0.25) is 5.02 Å². The molecule has 0 bridgehead atoms. The first-order valence-electron chi connectivity index (χ1n) is 7.50. The first-order chi connectivity index (χ1) is 11.1. The van der Waals surface area contributed by atoms with E-state index >= 15 is 0 Å². The Labute approximate surface area is 140 Å². The standard InChI is InChI=1S/C19H16ClNO2/c20-15-7-9-16(10-8-15)21-19(23)17-11-6-14(18(17)22)12-13-4-2-1-3-5-13/h1-5,7-10,12,17H,6,11H2,(H,21,23). The normalized spacial score (nSPS) is 19.1. The fourth-order valence-electron chi connectivity index (χ4n) is 2.68. The number of benzene rings is 2. The van der Waals surface area contributed by atoms with Gasteiger partial charge in [0.05, 0.1) is 0 Å². The van der Waals surface area contributed by atoms with Crippen molar-refractivity contribution in [3.8, 4) is 0 Å². The summed E-state index contributed by atoms with van der Waals surface area (Å²) in [4.78, 5) is 24.8. The maximum absolute atomic E-state index is 12.4. The molecule has 1 unspecified atom stereocenters. The zero-order chi connectivity index (χ0) is 16.2. The third kappa shape index (κ3) is 3.69. The van der Waals surface area contributed by atoms with Crippen LogP contribution in [0.5, 0.6) is 0 Å². The molecule has 0 aliphatic heterocycles. The van der Waals surface area contributed by atoms with Crippen LogP contribution in [0.1, 0.15) is 18.4 Å². The van der Waals surface area contributed by atoms with Gasteiger partial charge < -0.3 is 5.32 Å². The van der Waals surface area contributed by atoms with Gasteiger partial charge in [-0.3, -0.25) is 9.59 Å². The number of carbonyl (C=O) groups excluding carboxylic acids is 2. The highest BCUT2D eigenvalue weighted by Crippen LogP contribution is 2.29. The zero-order valence-electron chi connectivity index (χ0n) is 12.5. The van der Waals surface area contributed by atoms with E-state index in [0.29, 0.717) is 29.1 Å². The molecule has 2 aromatic rings. The van der Waals surface area contributed by atoms with E-state index in [1.165, 1.54) is 0 Å². The molecule has 23 heavy (non-hydrogen) atoms. The van der Waals surface area contributed by atoms with Crippen LogP contribution in [0, 0.1) is 5.92 Å². The smallest absolute Gasteiger partial charge is 0.235 e. The molecule has 2 aromatic carbocycles. The van der Waals surface area contributed by atoms with Crippen molar-refractivity contribution in [3.63, 3.8) is 0 Å². The molecule has 3 rings (SSSR count). The molecule has 4 heteroatoms. The molecule has 1 aliphatic rings. The summed E-state index contributed by atoms with van der Waals surface area (Å²) >= 11 is 5.82. The van der Waals surface area contributed by atoms with Crippen LogP contribution in [-0.2, 0) is 9.59 Å². The molecule has 0 saturated heterocycles. The molecule has 1 saturated carbocycles. The summed E-state index contributed by atoms with van der Waals surface area (Å²) in [6.07, 6.45) is 3.06. The van der Waals surface area contributed by atoms with Crippen LogP contribution < -0.4 is 5.32 Å². The van der Waals surface area contributed by atoms with Crippen molar-refractivity contribution < 1.29 is 9.59 Å². The molecule has 1 amide bonds. The van der Waals surface area contributed by atoms with E-state index in [0.717, 1.165) is 5.56 Å². The number of allylic oxidation sites excluding steroid dienone is 1. The quantitative estimate of drug-likeness (QED) is 0.674. The maximum atomic E-state index is 12.4. The van der Waals surface area contributed by atoms with Gasteiger partial charge in [0, 0.05) is 10.7 Å². The zero-order valence-corrected chi connectivity index (χ0v) is 13.2. The largest absolute Gasteiger partial charge is 0.325 e. The summed E-state index contributed by atoms with van der Waals surface area (Å²) in [5.41, 5.74) is 2.34. The van der Waals surface area contributed by atoms with Gasteiger partial charge in [0.25, 0.3) is 0 Å². The molecule has 1 N–H and O–H groups in total. The summed E-state index contributed by atoms with van der Waals surface area (Å²) in [6.45, 7) is 0. The average Bonchev–Trinajstić information content (AvgIpc) is 2.92. The van der Waals surface area contributed by atoms with Crippen molar-refractivity contribution in [1.82, 2.24) is 0 Å². The van der Waals surface area contributed by atoms with Crippen molar-refractivity contribution in [2.24, 2.45) is 5.92 Å². The van der Waals surface area contributed by atoms with Crippen LogP contribution >= 0.6 is 11.6 Å². The molecule has 0 radical (unpaired) electrons. The summed E-state index contributed by atoms with van der Waals surface area (Å²) in [6, 6.07) is 16.5. The minimum Gasteiger partial charge on any atom is -0.325 e. The first-order valence-corrected chi connectivity index (χ1v) is 7.87. The average molecular weight is 326 g/mol. The lowest BCUT2D eigenvalue weighted by Gasteiger charge is -2.09. The van der Waals surface area contributed by atoms with E-state index in [9.17, 15) is 9.59 Å². The minimum atomic E-state index is -0.611. The van der Waals surface area contributed by atoms with Gasteiger partial charge in [-0.1, -0.05) is 41.9 Å². The Hall–Kier alpha value is -2.39. The number of carbonyl (C=O) groups is 2. The van der Waals surface area contributed by atoms with Crippen LogP contribution in [0.15, 0.2) is 60.2 Å². The maximum Gasteiger partial charge on any atom is 0.235 e. The second kappa shape index (κ2) is 6.80. The number of hydrogen-bond donors (Lipinski definition) is 1. The Bertz CT molecular complexity index is 751. The fraction of sp³-hybridized carbons (Fsp3) is 0.158. The van der Waals surface area contributed by atoms with E-state index in [-0.39, 0.29) is 11.7 Å². The number of Topliss-reactive ketones (excluding diaryl/α,β-unsaturated/α-hetero) is 1. The highest BCUT2D eigenvalue weighted by atomic mass is 35.5. The van der Waals surface area contributed by atoms with E-state index in [4.69, 9.17) is 11.6 Å². The van der Waals surface area contributed by atoms with Crippen LogP contribution in [-0.4, -0.2) is 11.7 Å². The van der Waals surface area contributed by atoms with Crippen molar-refractivity contribution >= 4 is 35.1 Å². The number of amides is 1. The Balaban J connectivity index is 1.70. The lowest BCUT2D eigenvalue weighted by atomic mass is 10.0. The number of ketones is 1. The Morgan fingerprint density at radius 2 is 1.78 bits per heavy atom. The summed E-state index contributed by atoms with van der Waals surface area (Å²) in [7, 11) is 0. The van der Waals surface area contributed by atoms with Gasteiger partial charge in [0.1, 0.15) is 5.92 Å². The van der Waals surface area contributed by atoms with Crippen LogP contribution in [0.25, 0.3) is 6.08 Å². The van der Waals surface area contributed by atoms with Gasteiger partial charge in [-0.2, -0.15) is 0 Å². The van der Waals surface area contributed by atoms with Crippen LogP contribution in [0.4, 0.5) is 5.69 Å². The fourth-order valence-corrected chi connectivity index (χ4v) is 2.81. The lowest BCUT2D eigenvalue weighted by Crippen LogP contribution is -2.26. The molecule has 116 valence electrons. The highest BCUT2D eigenvalue weighted by Gasteiger charge is 2.34. The molecule has 1 aliphatic carbocycles. The highest BCUT2D eigenvalue weighted by molar-refractivity contribution is 6.30. The number of rotatable bonds is 3. The monoisotopic (exact) mass is 325 g/mol. The molecule has 1 fully saturated rings. The van der Waals surface area contributed by atoms with Crippen LogP contribution in [0.3, 0.4) is 0 Å². The predicted molar refractivity (Wildman–Crippen MR) is 92.2 cm³/mol. The second-order valence-corrected chi connectivity index (χ2v) is 5.97. The van der Waals surface area contributed by atoms with Gasteiger partial charge in [0.15, 0.2) is 5.78 Å². The van der Waals surface area contributed by atoms with E-state index in [2.05, 4.69) is 5.32 Å². The van der Waals surface area contributed by atoms with E-state index in [1.54, 1.807) is 24.3 Å². The van der Waals surface area contributed by atoms with E-state index < -0.39 is 5.92 Å². The number of hydrogen-bond acceptors (Lipinski definition) is 2. The Morgan fingerprint density at radius 3 is 2.48 bits per heavy atom. The molecule has 1 atom stereocenters. The van der Waals surface area contributed by atoms with Gasteiger partial charge in [-0.05, 0) is 54.3 Å². The second-order valence-electron chi connectivity index (χ2n) is 5.53. The SMILES string of the molecule is O=C(Nc1ccc(Cl)cc1)C1CCC(=Cc2ccccc2)C1=O. The minimum absolute atomic E-state index is 0.0830. The van der Waals surface area contributed by atoms with Crippen molar-refractivity contribution in [1.29, 1.82) is 0 Å². The molecule has 0 aromatic heterocycles. The van der Waals surface area contributed by atoms with Crippen molar-refractivity contribution in [2.45, 2.75) is 12.8 Å². The number of halogens is 1. The third-order valence-corrected chi connectivity index (χ3v) is 4.16. The third-order valence-electron chi connectivity index (χ3n) is 3.90. The van der Waals surface area contributed by atoms with Crippen molar-refractivity contribution in [3.05, 3.63) is 70.8 Å². The number of anilines is 1. The molecule has 0 heterocycles. The summed E-state index contributed by atoms with van der Waals surface area (Å²) in [5.74, 6) is -0.949. The lowest BCUT2D eigenvalue weighted by molar-refractivity contribution is -0.127. The topological polar surface area (TPSA) is 46.2 Å². The summed E-state index contributed by atoms with van der Waals surface area (Å²) < 4.78 is 0. The number of nitrogens with one attached hydrogen (secondary N) is 1. The van der Waals surface area contributed by atoms with Gasteiger partial charge in [0.2, 0.25) is 5.91 Å². The molecule has 3 nitrogen and oxygen atoms in total. The van der Waals surface area contributed by atoms with Crippen molar-refractivity contribution in [2.75, 3.05) is 5.32 Å². The summed E-state index contributed by atoms with van der Waals surface area (Å²) in [5, 5.41) is 3.38. The molecular formula is C19H16ClNO2. The molecule has 0 spiro atoms. The first kappa shape index (κ1) is 15.5. The Morgan fingerprint density at radius 1 is 1.09 bits per heavy atom. The van der Waals surface area contributed by atoms with E-state index in [1.807, 2.05) is 36.4 Å².